The number of amides is 1. The SMILES string of the molecule is O=C(C1CCN(Cc2ccccc2)CC1)N1CC2CCCCC2C1. The van der Waals surface area contributed by atoms with E-state index in [1.807, 2.05) is 0 Å². The van der Waals surface area contributed by atoms with Crippen LogP contribution in [0.3, 0.4) is 0 Å². The van der Waals surface area contributed by atoms with Gasteiger partial charge in [0.25, 0.3) is 0 Å². The molecule has 2 aliphatic heterocycles. The molecule has 3 nitrogen and oxygen atoms in total. The minimum Gasteiger partial charge on any atom is -0.342 e. The van der Waals surface area contributed by atoms with E-state index in [9.17, 15) is 4.79 Å². The lowest BCUT2D eigenvalue weighted by atomic mass is 9.82. The molecule has 3 aliphatic rings. The molecule has 24 heavy (non-hydrogen) atoms. The molecule has 0 N–H and O–H groups in total. The van der Waals surface area contributed by atoms with Crippen molar-refractivity contribution in [3.05, 3.63) is 35.9 Å². The zero-order valence-electron chi connectivity index (χ0n) is 14.7. The van der Waals surface area contributed by atoms with Crippen molar-refractivity contribution in [1.82, 2.24) is 9.80 Å². The summed E-state index contributed by atoms with van der Waals surface area (Å²) < 4.78 is 0. The van der Waals surface area contributed by atoms with Crippen LogP contribution >= 0.6 is 0 Å². The quantitative estimate of drug-likeness (QED) is 0.848. The number of nitrogens with zero attached hydrogens (tertiary/aromatic N) is 2. The fourth-order valence-electron chi connectivity index (χ4n) is 5.02. The molecule has 3 heteroatoms. The van der Waals surface area contributed by atoms with Gasteiger partial charge in [-0.25, -0.2) is 0 Å². The molecule has 2 saturated heterocycles. The summed E-state index contributed by atoms with van der Waals surface area (Å²) in [4.78, 5) is 17.6. The smallest absolute Gasteiger partial charge is 0.225 e. The number of carbonyl (C=O) groups excluding carboxylic acids is 1. The van der Waals surface area contributed by atoms with E-state index in [1.54, 1.807) is 0 Å². The van der Waals surface area contributed by atoms with E-state index in [0.717, 1.165) is 57.4 Å². The van der Waals surface area contributed by atoms with Gasteiger partial charge in [-0.1, -0.05) is 43.2 Å². The third kappa shape index (κ3) is 3.51. The molecule has 0 spiro atoms. The Kier molecular flexibility index (Phi) is 4.88. The van der Waals surface area contributed by atoms with Gasteiger partial charge in [0.05, 0.1) is 0 Å². The van der Waals surface area contributed by atoms with Crippen molar-refractivity contribution in [2.45, 2.75) is 45.1 Å². The molecule has 1 amide bonds. The van der Waals surface area contributed by atoms with Gasteiger partial charge in [0.2, 0.25) is 5.91 Å². The number of piperidine rings is 1. The predicted molar refractivity (Wildman–Crippen MR) is 96.5 cm³/mol. The minimum absolute atomic E-state index is 0.275. The van der Waals surface area contributed by atoms with E-state index >= 15 is 0 Å². The van der Waals surface area contributed by atoms with Crippen molar-refractivity contribution in [2.75, 3.05) is 26.2 Å². The van der Waals surface area contributed by atoms with Gasteiger partial charge in [0.15, 0.2) is 0 Å². The van der Waals surface area contributed by atoms with Crippen molar-refractivity contribution in [2.24, 2.45) is 17.8 Å². The lowest BCUT2D eigenvalue weighted by Crippen LogP contribution is -2.41. The Hall–Kier alpha value is -1.35. The number of likely N-dealkylation sites (tertiary alicyclic amines) is 2. The molecule has 0 bridgehead atoms. The summed E-state index contributed by atoms with van der Waals surface area (Å²) in [5.74, 6) is 2.35. The molecule has 2 unspecified atom stereocenters. The van der Waals surface area contributed by atoms with Crippen molar-refractivity contribution in [1.29, 1.82) is 0 Å². The van der Waals surface area contributed by atoms with Gasteiger partial charge in [-0.2, -0.15) is 0 Å². The fourth-order valence-corrected chi connectivity index (χ4v) is 5.02. The first-order valence-corrected chi connectivity index (χ1v) is 9.84. The highest BCUT2D eigenvalue weighted by molar-refractivity contribution is 5.79. The Morgan fingerprint density at radius 1 is 0.917 bits per heavy atom. The van der Waals surface area contributed by atoms with Crippen molar-refractivity contribution in [3.63, 3.8) is 0 Å². The van der Waals surface area contributed by atoms with Gasteiger partial charge in [0, 0.05) is 25.6 Å². The molecular formula is C21H30N2O. The van der Waals surface area contributed by atoms with E-state index in [2.05, 4.69) is 40.1 Å². The number of benzene rings is 1. The molecule has 1 aromatic rings. The van der Waals surface area contributed by atoms with Crippen molar-refractivity contribution < 1.29 is 4.79 Å². The molecule has 2 atom stereocenters. The van der Waals surface area contributed by atoms with E-state index in [1.165, 1.54) is 31.2 Å². The van der Waals surface area contributed by atoms with Gasteiger partial charge >= 0.3 is 0 Å². The second kappa shape index (κ2) is 7.26. The summed E-state index contributed by atoms with van der Waals surface area (Å²) in [5.41, 5.74) is 1.38. The summed E-state index contributed by atoms with van der Waals surface area (Å²) in [5, 5.41) is 0. The Morgan fingerprint density at radius 2 is 1.54 bits per heavy atom. The van der Waals surface area contributed by atoms with Crippen LogP contribution in [0.25, 0.3) is 0 Å². The summed E-state index contributed by atoms with van der Waals surface area (Å²) in [7, 11) is 0. The number of hydrogen-bond acceptors (Lipinski definition) is 2. The van der Waals surface area contributed by atoms with Gasteiger partial charge in [-0.3, -0.25) is 9.69 Å². The van der Waals surface area contributed by atoms with Gasteiger partial charge in [0.1, 0.15) is 0 Å². The molecule has 4 rings (SSSR count). The summed E-state index contributed by atoms with van der Waals surface area (Å²) in [6.45, 7) is 5.25. The number of fused-ring (bicyclic) bond motifs is 1. The van der Waals surface area contributed by atoms with Gasteiger partial charge < -0.3 is 4.90 Å². The van der Waals surface area contributed by atoms with Crippen LogP contribution in [0.4, 0.5) is 0 Å². The summed E-state index contributed by atoms with van der Waals surface area (Å²) >= 11 is 0. The molecule has 0 radical (unpaired) electrons. The van der Waals surface area contributed by atoms with E-state index in [-0.39, 0.29) is 5.92 Å². The highest BCUT2D eigenvalue weighted by Gasteiger charge is 2.38. The van der Waals surface area contributed by atoms with Gasteiger partial charge in [-0.15, -0.1) is 0 Å². The minimum atomic E-state index is 0.275. The van der Waals surface area contributed by atoms with Gasteiger partial charge in [-0.05, 0) is 56.2 Å². The van der Waals surface area contributed by atoms with Crippen LogP contribution in [-0.4, -0.2) is 41.9 Å². The molecule has 1 saturated carbocycles. The molecule has 1 aliphatic carbocycles. The van der Waals surface area contributed by atoms with E-state index in [0.29, 0.717) is 5.91 Å². The highest BCUT2D eigenvalue weighted by Crippen LogP contribution is 2.37. The van der Waals surface area contributed by atoms with Crippen molar-refractivity contribution in [3.8, 4) is 0 Å². The van der Waals surface area contributed by atoms with Crippen LogP contribution < -0.4 is 0 Å². The molecule has 1 aromatic carbocycles. The molecule has 130 valence electrons. The number of rotatable bonds is 3. The summed E-state index contributed by atoms with van der Waals surface area (Å²) in [6.07, 6.45) is 7.53. The number of hydrogen-bond donors (Lipinski definition) is 0. The normalized spacial score (nSPS) is 28.8. The van der Waals surface area contributed by atoms with Crippen LogP contribution in [-0.2, 0) is 11.3 Å². The first-order valence-electron chi connectivity index (χ1n) is 9.84. The second-order valence-electron chi connectivity index (χ2n) is 8.08. The molecule has 0 aromatic heterocycles. The Balaban J connectivity index is 1.27. The van der Waals surface area contributed by atoms with Crippen LogP contribution in [0, 0.1) is 17.8 Å². The third-order valence-corrected chi connectivity index (χ3v) is 6.47. The van der Waals surface area contributed by atoms with Crippen LogP contribution in [0.5, 0.6) is 0 Å². The Morgan fingerprint density at radius 3 is 2.17 bits per heavy atom. The monoisotopic (exact) mass is 326 g/mol. The molecule has 2 heterocycles. The van der Waals surface area contributed by atoms with Crippen LogP contribution in [0.15, 0.2) is 30.3 Å². The van der Waals surface area contributed by atoms with E-state index < -0.39 is 0 Å². The highest BCUT2D eigenvalue weighted by atomic mass is 16.2. The average Bonchev–Trinajstić information content (AvgIpc) is 3.07. The largest absolute Gasteiger partial charge is 0.342 e. The Labute approximate surface area is 146 Å². The lowest BCUT2D eigenvalue weighted by molar-refractivity contribution is -0.136. The van der Waals surface area contributed by atoms with E-state index in [4.69, 9.17) is 0 Å². The fraction of sp³-hybridized carbons (Fsp3) is 0.667. The lowest BCUT2D eigenvalue weighted by Gasteiger charge is -2.33. The predicted octanol–water partition coefficient (Wildman–Crippen LogP) is 3.55. The first-order chi connectivity index (χ1) is 11.8. The second-order valence-corrected chi connectivity index (χ2v) is 8.08. The zero-order valence-corrected chi connectivity index (χ0v) is 14.7. The first kappa shape index (κ1) is 16.1. The number of carbonyl (C=O) groups is 1. The zero-order chi connectivity index (χ0) is 16.4. The maximum atomic E-state index is 12.9. The molecule has 3 fully saturated rings. The maximum Gasteiger partial charge on any atom is 0.225 e. The van der Waals surface area contributed by atoms with Crippen LogP contribution in [0.1, 0.15) is 44.1 Å². The maximum absolute atomic E-state index is 12.9. The van der Waals surface area contributed by atoms with Crippen LogP contribution in [0.2, 0.25) is 0 Å². The average molecular weight is 326 g/mol. The standard InChI is InChI=1S/C21H30N2O/c24-21(23-15-19-8-4-5-9-20(19)16-23)18-10-12-22(13-11-18)14-17-6-2-1-3-7-17/h1-3,6-7,18-20H,4-5,8-16H2. The molecular weight excluding hydrogens is 296 g/mol. The summed E-state index contributed by atoms with van der Waals surface area (Å²) in [6, 6.07) is 10.7. The Bertz CT molecular complexity index is 536. The topological polar surface area (TPSA) is 23.6 Å². The third-order valence-electron chi connectivity index (χ3n) is 6.47. The van der Waals surface area contributed by atoms with Crippen molar-refractivity contribution >= 4 is 5.91 Å².